The molecular weight excluding hydrogens is 420 g/mol. The van der Waals surface area contributed by atoms with Gasteiger partial charge in [-0.05, 0) is 37.5 Å². The van der Waals surface area contributed by atoms with Crippen molar-refractivity contribution >= 4 is 16.7 Å². The second-order valence-corrected chi connectivity index (χ2v) is 8.78. The van der Waals surface area contributed by atoms with Gasteiger partial charge in [0, 0.05) is 46.7 Å². The Morgan fingerprint density at radius 3 is 2.53 bits per heavy atom. The van der Waals surface area contributed by atoms with E-state index in [0.29, 0.717) is 12.1 Å². The molecule has 1 atom stereocenters. The van der Waals surface area contributed by atoms with Crippen LogP contribution in [0.25, 0.3) is 22.3 Å². The number of aromatic amines is 2. The Balaban J connectivity index is 1.40. The van der Waals surface area contributed by atoms with E-state index < -0.39 is 6.04 Å². The lowest BCUT2D eigenvalue weighted by atomic mass is 9.96. The number of benzene rings is 3. The van der Waals surface area contributed by atoms with Crippen molar-refractivity contribution < 1.29 is 4.79 Å². The lowest BCUT2D eigenvalue weighted by Crippen LogP contribution is -2.30. The third kappa shape index (κ3) is 4.56. The number of aryl methyl sites for hydroxylation is 2. The van der Waals surface area contributed by atoms with E-state index in [4.69, 9.17) is 0 Å². The summed E-state index contributed by atoms with van der Waals surface area (Å²) in [6.07, 6.45) is 4.49. The average molecular weight is 449 g/mol. The van der Waals surface area contributed by atoms with Crippen molar-refractivity contribution in [2.75, 3.05) is 6.54 Å². The smallest absolute Gasteiger partial charge is 0.186 e. The minimum Gasteiger partial charge on any atom is -0.360 e. The number of nitrogens with zero attached hydrogens (tertiary/aromatic N) is 1. The largest absolute Gasteiger partial charge is 0.360 e. The summed E-state index contributed by atoms with van der Waals surface area (Å²) in [6.45, 7) is 4.78. The van der Waals surface area contributed by atoms with Gasteiger partial charge in [-0.3, -0.25) is 4.79 Å². The number of nitrogens with one attached hydrogen (secondary N) is 3. The van der Waals surface area contributed by atoms with Crippen LogP contribution in [0.5, 0.6) is 0 Å². The van der Waals surface area contributed by atoms with Crippen molar-refractivity contribution in [2.24, 2.45) is 0 Å². The van der Waals surface area contributed by atoms with Crippen LogP contribution in [0, 0.1) is 13.8 Å². The number of carbonyl (C=O) groups is 1. The van der Waals surface area contributed by atoms with Crippen molar-refractivity contribution in [1.29, 1.82) is 0 Å². The topological polar surface area (TPSA) is 73.6 Å². The number of carbonyl (C=O) groups excluding carboxylic acids is 1. The van der Waals surface area contributed by atoms with E-state index in [1.54, 1.807) is 0 Å². The van der Waals surface area contributed by atoms with Crippen molar-refractivity contribution in [3.8, 4) is 11.4 Å². The van der Waals surface area contributed by atoms with Crippen LogP contribution in [-0.4, -0.2) is 27.3 Å². The molecule has 5 nitrogen and oxygen atoms in total. The predicted octanol–water partition coefficient (Wildman–Crippen LogP) is 5.93. The highest BCUT2D eigenvalue weighted by molar-refractivity contribution is 6.11. The number of Topliss-reactive ketones (excluding diaryl/α,β-unsaturated/α-hetero) is 1. The first-order chi connectivity index (χ1) is 16.6. The molecule has 0 aliphatic carbocycles. The van der Waals surface area contributed by atoms with E-state index in [2.05, 4.69) is 51.5 Å². The van der Waals surface area contributed by atoms with Gasteiger partial charge in [-0.15, -0.1) is 0 Å². The van der Waals surface area contributed by atoms with Gasteiger partial charge in [0.25, 0.3) is 0 Å². The molecule has 3 aromatic carbocycles. The maximum atomic E-state index is 13.8. The van der Waals surface area contributed by atoms with E-state index in [9.17, 15) is 4.79 Å². The molecule has 0 amide bonds. The summed E-state index contributed by atoms with van der Waals surface area (Å²) in [6, 6.07) is 24.1. The highest BCUT2D eigenvalue weighted by Crippen LogP contribution is 2.28. The molecule has 0 spiro atoms. The van der Waals surface area contributed by atoms with Crippen LogP contribution in [0.2, 0.25) is 0 Å². The molecular formula is C29H28N4O. The SMILES string of the molecule is Cc1ccc(CCN[C@@H](C(=O)c2c[nH]c3cc(-c4ncc(C)[nH]4)ccc23)c2ccccc2)cc1. The fourth-order valence-electron chi connectivity index (χ4n) is 4.32. The summed E-state index contributed by atoms with van der Waals surface area (Å²) < 4.78 is 0. The summed E-state index contributed by atoms with van der Waals surface area (Å²) in [4.78, 5) is 24.7. The predicted molar refractivity (Wildman–Crippen MR) is 137 cm³/mol. The first-order valence-corrected chi connectivity index (χ1v) is 11.6. The van der Waals surface area contributed by atoms with Gasteiger partial charge >= 0.3 is 0 Å². The minimum absolute atomic E-state index is 0.0583. The lowest BCUT2D eigenvalue weighted by molar-refractivity contribution is 0.0945. The number of hydrogen-bond acceptors (Lipinski definition) is 3. The van der Waals surface area contributed by atoms with Gasteiger partial charge in [-0.1, -0.05) is 72.3 Å². The van der Waals surface area contributed by atoms with E-state index in [0.717, 1.165) is 40.0 Å². The first kappa shape index (κ1) is 21.9. The highest BCUT2D eigenvalue weighted by atomic mass is 16.1. The molecule has 170 valence electrons. The molecule has 0 unspecified atom stereocenters. The molecule has 5 aromatic rings. The third-order valence-corrected chi connectivity index (χ3v) is 6.20. The van der Waals surface area contributed by atoms with Crippen LogP contribution in [0.4, 0.5) is 0 Å². The number of hydrogen-bond donors (Lipinski definition) is 3. The first-order valence-electron chi connectivity index (χ1n) is 11.6. The Labute approximate surface area is 199 Å². The Hall–Kier alpha value is -3.96. The van der Waals surface area contributed by atoms with Crippen LogP contribution < -0.4 is 5.32 Å². The molecule has 0 radical (unpaired) electrons. The summed E-state index contributed by atoms with van der Waals surface area (Å²) >= 11 is 0. The van der Waals surface area contributed by atoms with E-state index in [-0.39, 0.29) is 5.78 Å². The monoisotopic (exact) mass is 448 g/mol. The standard InChI is InChI=1S/C29H28N4O/c1-19-8-10-21(11-9-19)14-15-30-27(22-6-4-3-5-7-22)28(34)25-18-31-26-16-23(12-13-24(25)26)29-32-17-20(2)33-29/h3-13,16-18,27,30-31H,14-15H2,1-2H3,(H,32,33)/t27-/m1/s1. The van der Waals surface area contributed by atoms with Crippen LogP contribution in [0.1, 0.15) is 38.8 Å². The Kier molecular flexibility index (Phi) is 6.11. The summed E-state index contributed by atoms with van der Waals surface area (Å²) in [5, 5.41) is 4.43. The van der Waals surface area contributed by atoms with Gasteiger partial charge < -0.3 is 15.3 Å². The molecule has 5 rings (SSSR count). The lowest BCUT2D eigenvalue weighted by Gasteiger charge is -2.18. The number of fused-ring (bicyclic) bond motifs is 1. The summed E-state index contributed by atoms with van der Waals surface area (Å²) in [7, 11) is 0. The number of H-pyrrole nitrogens is 2. The van der Waals surface area contributed by atoms with Crippen molar-refractivity contribution in [1.82, 2.24) is 20.3 Å². The van der Waals surface area contributed by atoms with E-state index >= 15 is 0 Å². The Morgan fingerprint density at radius 1 is 1.00 bits per heavy atom. The van der Waals surface area contributed by atoms with Crippen molar-refractivity contribution in [2.45, 2.75) is 26.3 Å². The molecule has 0 bridgehead atoms. The molecule has 5 heteroatoms. The second-order valence-electron chi connectivity index (χ2n) is 8.78. The van der Waals surface area contributed by atoms with Crippen LogP contribution in [0.15, 0.2) is 85.2 Å². The Bertz CT molecular complexity index is 1410. The fraction of sp³-hybridized carbons (Fsp3) is 0.172. The van der Waals surface area contributed by atoms with Gasteiger partial charge in [-0.2, -0.15) is 0 Å². The normalized spacial score (nSPS) is 12.2. The van der Waals surface area contributed by atoms with Crippen molar-refractivity contribution in [3.05, 3.63) is 113 Å². The number of ketones is 1. The number of aromatic nitrogens is 3. The average Bonchev–Trinajstić information content (AvgIpc) is 3.49. The molecule has 0 aliphatic rings. The quantitative estimate of drug-likeness (QED) is 0.258. The molecule has 2 aromatic heterocycles. The highest BCUT2D eigenvalue weighted by Gasteiger charge is 2.24. The fourth-order valence-corrected chi connectivity index (χ4v) is 4.32. The van der Waals surface area contributed by atoms with Crippen LogP contribution in [-0.2, 0) is 6.42 Å². The minimum atomic E-state index is -0.418. The van der Waals surface area contributed by atoms with E-state index in [1.165, 1.54) is 11.1 Å². The zero-order valence-corrected chi connectivity index (χ0v) is 19.4. The molecule has 0 aliphatic heterocycles. The molecule has 0 fully saturated rings. The van der Waals surface area contributed by atoms with Gasteiger partial charge in [0.15, 0.2) is 5.78 Å². The van der Waals surface area contributed by atoms with Gasteiger partial charge in [-0.25, -0.2) is 4.98 Å². The van der Waals surface area contributed by atoms with Crippen LogP contribution >= 0.6 is 0 Å². The summed E-state index contributed by atoms with van der Waals surface area (Å²) in [5.74, 6) is 0.879. The van der Waals surface area contributed by atoms with Gasteiger partial charge in [0.1, 0.15) is 5.82 Å². The van der Waals surface area contributed by atoms with E-state index in [1.807, 2.05) is 67.8 Å². The molecule has 3 N–H and O–H groups in total. The van der Waals surface area contributed by atoms with Crippen molar-refractivity contribution in [3.63, 3.8) is 0 Å². The molecule has 0 saturated heterocycles. The molecule has 0 saturated carbocycles. The number of imidazole rings is 1. The van der Waals surface area contributed by atoms with Gasteiger partial charge in [0.2, 0.25) is 0 Å². The molecule has 34 heavy (non-hydrogen) atoms. The molecule has 2 heterocycles. The second kappa shape index (κ2) is 9.49. The zero-order valence-electron chi connectivity index (χ0n) is 19.4. The van der Waals surface area contributed by atoms with Gasteiger partial charge in [0.05, 0.1) is 6.04 Å². The zero-order chi connectivity index (χ0) is 23.5. The Morgan fingerprint density at radius 2 is 1.79 bits per heavy atom. The maximum Gasteiger partial charge on any atom is 0.186 e. The summed E-state index contributed by atoms with van der Waals surface area (Å²) in [5.41, 5.74) is 7.07. The van der Waals surface area contributed by atoms with Crippen LogP contribution in [0.3, 0.4) is 0 Å². The maximum absolute atomic E-state index is 13.8. The number of rotatable bonds is 8. The third-order valence-electron chi connectivity index (χ3n) is 6.20.